The van der Waals surface area contributed by atoms with E-state index in [1.165, 1.54) is 18.4 Å². The molecule has 0 aromatic heterocycles. The first-order valence-electron chi connectivity index (χ1n) is 6.25. The van der Waals surface area contributed by atoms with Crippen LogP contribution in [0.2, 0.25) is 0 Å². The highest BCUT2D eigenvalue weighted by Gasteiger charge is 2.29. The molecule has 0 saturated carbocycles. The molecule has 0 bridgehead atoms. The Kier molecular flexibility index (Phi) is 11.9. The van der Waals surface area contributed by atoms with E-state index in [9.17, 15) is 9.59 Å². The predicted molar refractivity (Wildman–Crippen MR) is 74.5 cm³/mol. The molecule has 0 aromatic rings. The summed E-state index contributed by atoms with van der Waals surface area (Å²) in [4.78, 5) is 19.5. The molecule has 0 aromatic carbocycles. The highest BCUT2D eigenvalue weighted by atomic mass is 16.4. The number of rotatable bonds is 7. The number of aliphatic hydroxyl groups is 2. The largest absolute Gasteiger partial charge is 0.479 e. The number of carboxylic acid groups (broad SMARTS) is 2. The normalized spacial score (nSPS) is 14.3. The molecule has 3 atom stereocenters. The molecule has 0 rings (SSSR count). The number of allylic oxidation sites excluding steroid dienone is 2. The van der Waals surface area contributed by atoms with Gasteiger partial charge in [0.25, 0.3) is 0 Å². The molecule has 5 N–H and O–H groups in total. The van der Waals surface area contributed by atoms with E-state index in [4.69, 9.17) is 20.4 Å². The second-order valence-corrected chi connectivity index (χ2v) is 4.61. The lowest BCUT2D eigenvalue weighted by molar-refractivity contribution is -0.165. The lowest BCUT2D eigenvalue weighted by atomic mass is 10.1. The van der Waals surface area contributed by atoms with Crippen LogP contribution in [0, 0.1) is 0 Å². The minimum Gasteiger partial charge on any atom is -0.479 e. The second-order valence-electron chi connectivity index (χ2n) is 4.61. The van der Waals surface area contributed by atoms with Crippen LogP contribution in [0.25, 0.3) is 0 Å². The summed E-state index contributed by atoms with van der Waals surface area (Å²) in [5.74, 6) is -3.54. The lowest BCUT2D eigenvalue weighted by Crippen LogP contribution is -2.39. The first-order valence-corrected chi connectivity index (χ1v) is 6.25. The lowest BCUT2D eigenvalue weighted by Gasteiger charge is -2.07. The van der Waals surface area contributed by atoms with Crippen LogP contribution >= 0.6 is 0 Å². The first kappa shape index (κ1) is 20.9. The zero-order chi connectivity index (χ0) is 16.3. The van der Waals surface area contributed by atoms with Crippen LogP contribution in [0.4, 0.5) is 0 Å². The second kappa shape index (κ2) is 11.4. The van der Waals surface area contributed by atoms with Crippen molar-refractivity contribution in [3.63, 3.8) is 0 Å². The van der Waals surface area contributed by atoms with Gasteiger partial charge in [0.15, 0.2) is 12.2 Å². The van der Waals surface area contributed by atoms with E-state index < -0.39 is 24.1 Å². The number of hydrogen-bond acceptors (Lipinski definition) is 5. The molecule has 0 aliphatic heterocycles. The van der Waals surface area contributed by atoms with Gasteiger partial charge in [0, 0.05) is 6.04 Å². The number of aliphatic hydroxyl groups excluding tert-OH is 2. The van der Waals surface area contributed by atoms with Gasteiger partial charge in [-0.2, -0.15) is 0 Å². The first-order chi connectivity index (χ1) is 9.13. The summed E-state index contributed by atoms with van der Waals surface area (Å²) in [6.45, 7) is 6.49. The molecule has 0 aliphatic rings. The predicted octanol–water partition coefficient (Wildman–Crippen LogP) is 0.218. The molecule has 0 spiro atoms. The number of hydrogen-bond donors (Lipinski definition) is 5. The standard InChI is InChI=1S/C9H19N.C4H6O6/c1-8(2)6-5-7-9(3)10-4;5-1(3(7)8)2(6)4(9)10/h6,9-10H,5,7H2,1-4H3;1-2,5-6H,(H,7,8)(H,9,10). The monoisotopic (exact) mass is 291 g/mol. The summed E-state index contributed by atoms with van der Waals surface area (Å²) >= 11 is 0. The van der Waals surface area contributed by atoms with Crippen molar-refractivity contribution in [2.75, 3.05) is 7.05 Å². The molecule has 0 amide bonds. The summed E-state index contributed by atoms with van der Waals surface area (Å²) in [5.41, 5.74) is 1.42. The summed E-state index contributed by atoms with van der Waals surface area (Å²) in [5, 5.41) is 35.7. The average Bonchev–Trinajstić information content (AvgIpc) is 2.36. The van der Waals surface area contributed by atoms with Gasteiger partial charge in [0.2, 0.25) is 0 Å². The van der Waals surface area contributed by atoms with E-state index in [1.54, 1.807) is 0 Å². The van der Waals surface area contributed by atoms with E-state index in [0.717, 1.165) is 0 Å². The minimum atomic E-state index is -2.27. The Labute approximate surface area is 118 Å². The van der Waals surface area contributed by atoms with Crippen LogP contribution in [0.1, 0.15) is 33.6 Å². The Hall–Kier alpha value is -1.44. The molecule has 0 radical (unpaired) electrons. The summed E-state index contributed by atoms with van der Waals surface area (Å²) in [6.07, 6.45) is 0.190. The van der Waals surface area contributed by atoms with Crippen molar-refractivity contribution in [3.05, 3.63) is 11.6 Å². The number of nitrogens with one attached hydrogen (secondary N) is 1. The Morgan fingerprint density at radius 2 is 1.50 bits per heavy atom. The van der Waals surface area contributed by atoms with Gasteiger partial charge in [-0.05, 0) is 40.7 Å². The number of carboxylic acids is 2. The summed E-state index contributed by atoms with van der Waals surface area (Å²) in [6, 6.07) is 0.649. The van der Waals surface area contributed by atoms with Crippen molar-refractivity contribution in [2.45, 2.75) is 51.9 Å². The third-order valence-electron chi connectivity index (χ3n) is 2.45. The van der Waals surface area contributed by atoms with Crippen LogP contribution in [0.3, 0.4) is 0 Å². The molecule has 3 unspecified atom stereocenters. The number of carbonyl (C=O) groups is 2. The van der Waals surface area contributed by atoms with Gasteiger partial charge in [-0.15, -0.1) is 0 Å². The van der Waals surface area contributed by atoms with Gasteiger partial charge in [0.05, 0.1) is 0 Å². The fourth-order valence-electron chi connectivity index (χ4n) is 1.04. The summed E-state index contributed by atoms with van der Waals surface area (Å²) in [7, 11) is 2.01. The highest BCUT2D eigenvalue weighted by molar-refractivity contribution is 5.83. The van der Waals surface area contributed by atoms with Gasteiger partial charge in [-0.3, -0.25) is 0 Å². The van der Waals surface area contributed by atoms with Crippen molar-refractivity contribution < 1.29 is 30.0 Å². The molecular weight excluding hydrogens is 266 g/mol. The summed E-state index contributed by atoms with van der Waals surface area (Å²) < 4.78 is 0. The van der Waals surface area contributed by atoms with Crippen LogP contribution < -0.4 is 5.32 Å². The molecule has 0 heterocycles. The topological polar surface area (TPSA) is 127 Å². The van der Waals surface area contributed by atoms with E-state index in [0.29, 0.717) is 6.04 Å². The van der Waals surface area contributed by atoms with Gasteiger partial charge in [-0.25, -0.2) is 9.59 Å². The highest BCUT2D eigenvalue weighted by Crippen LogP contribution is 1.99. The van der Waals surface area contributed by atoms with Crippen molar-refractivity contribution in [3.8, 4) is 0 Å². The van der Waals surface area contributed by atoms with Crippen LogP contribution in [-0.4, -0.2) is 57.7 Å². The van der Waals surface area contributed by atoms with Crippen LogP contribution in [-0.2, 0) is 9.59 Å². The quantitative estimate of drug-likeness (QED) is 0.424. The molecule has 7 nitrogen and oxygen atoms in total. The smallest absolute Gasteiger partial charge is 0.335 e. The SMILES string of the molecule is CNC(C)CCC=C(C)C.O=C(O)C(O)C(O)C(=O)O. The molecule has 0 aliphatic carbocycles. The van der Waals surface area contributed by atoms with E-state index in [-0.39, 0.29) is 0 Å². The Morgan fingerprint density at radius 1 is 1.10 bits per heavy atom. The van der Waals surface area contributed by atoms with Crippen LogP contribution in [0.15, 0.2) is 11.6 Å². The van der Waals surface area contributed by atoms with Crippen molar-refractivity contribution in [2.24, 2.45) is 0 Å². The Bertz CT molecular complexity index is 307. The third kappa shape index (κ3) is 11.6. The van der Waals surface area contributed by atoms with Crippen molar-refractivity contribution >= 4 is 11.9 Å². The fraction of sp³-hybridized carbons (Fsp3) is 0.692. The van der Waals surface area contributed by atoms with Crippen molar-refractivity contribution in [1.82, 2.24) is 5.32 Å². The molecule has 0 saturated heterocycles. The zero-order valence-electron chi connectivity index (χ0n) is 12.3. The molecule has 7 heteroatoms. The van der Waals surface area contributed by atoms with Crippen molar-refractivity contribution in [1.29, 1.82) is 0 Å². The maximum absolute atomic E-state index is 9.77. The zero-order valence-corrected chi connectivity index (χ0v) is 12.3. The average molecular weight is 291 g/mol. The maximum Gasteiger partial charge on any atom is 0.335 e. The molecule has 118 valence electrons. The molecule has 20 heavy (non-hydrogen) atoms. The van der Waals surface area contributed by atoms with E-state index >= 15 is 0 Å². The van der Waals surface area contributed by atoms with E-state index in [2.05, 4.69) is 32.2 Å². The van der Waals surface area contributed by atoms with Gasteiger partial charge in [0.1, 0.15) is 0 Å². The van der Waals surface area contributed by atoms with Gasteiger partial charge in [-0.1, -0.05) is 11.6 Å². The molecular formula is C13H25NO6. The Balaban J connectivity index is 0. The maximum atomic E-state index is 9.77. The Morgan fingerprint density at radius 3 is 1.75 bits per heavy atom. The van der Waals surface area contributed by atoms with Gasteiger partial charge < -0.3 is 25.7 Å². The van der Waals surface area contributed by atoms with E-state index in [1.807, 2.05) is 7.05 Å². The minimum absolute atomic E-state index is 0.649. The fourth-order valence-corrected chi connectivity index (χ4v) is 1.04. The van der Waals surface area contributed by atoms with Crippen LogP contribution in [0.5, 0.6) is 0 Å². The van der Waals surface area contributed by atoms with Gasteiger partial charge >= 0.3 is 11.9 Å². The third-order valence-corrected chi connectivity index (χ3v) is 2.45. The molecule has 0 fully saturated rings. The number of aliphatic carboxylic acids is 2.